The molecule has 0 radical (unpaired) electrons. The number of fused-ring (bicyclic) bond motifs is 3. The number of pyridine rings is 1. The lowest BCUT2D eigenvalue weighted by Crippen LogP contribution is -2.39. The highest BCUT2D eigenvalue weighted by molar-refractivity contribution is 5.81. The van der Waals surface area contributed by atoms with E-state index in [0.29, 0.717) is 17.5 Å². The number of rotatable bonds is 5. The van der Waals surface area contributed by atoms with E-state index in [4.69, 9.17) is 5.10 Å². The molecule has 3 fully saturated rings. The molecule has 0 amide bonds. The SMILES string of the molecule is O=c1c2c(c3cnn(CC4CCCN(CC5CC5)C4)c3n1C1CCC1)CCCC2. The van der Waals surface area contributed by atoms with Gasteiger partial charge in [0.15, 0.2) is 0 Å². The molecule has 3 aliphatic carbocycles. The predicted molar refractivity (Wildman–Crippen MR) is 115 cm³/mol. The molecule has 2 saturated carbocycles. The van der Waals surface area contributed by atoms with Gasteiger partial charge in [-0.15, -0.1) is 0 Å². The third-order valence-electron chi connectivity index (χ3n) is 8.00. The molecule has 29 heavy (non-hydrogen) atoms. The van der Waals surface area contributed by atoms with Crippen molar-refractivity contribution in [2.75, 3.05) is 19.6 Å². The molecule has 6 rings (SSSR count). The van der Waals surface area contributed by atoms with Crippen LogP contribution in [0.25, 0.3) is 11.0 Å². The maximum atomic E-state index is 13.5. The smallest absolute Gasteiger partial charge is 0.255 e. The zero-order chi connectivity index (χ0) is 19.4. The van der Waals surface area contributed by atoms with Gasteiger partial charge in [-0.3, -0.25) is 9.36 Å². The maximum Gasteiger partial charge on any atom is 0.255 e. The lowest BCUT2D eigenvalue weighted by molar-refractivity contribution is 0.155. The third kappa shape index (κ3) is 3.26. The van der Waals surface area contributed by atoms with E-state index >= 15 is 0 Å². The second-order valence-electron chi connectivity index (χ2n) is 10.2. The standard InChI is InChI=1S/C24H34N4O/c29-24-21-9-2-1-8-20(21)22-13-25-27(23(22)28(24)19-6-3-7-19)16-18-5-4-12-26(15-18)14-17-10-11-17/h13,17-19H,1-12,14-16H2. The fourth-order valence-electron chi connectivity index (χ4n) is 6.02. The summed E-state index contributed by atoms with van der Waals surface area (Å²) in [6.45, 7) is 4.75. The van der Waals surface area contributed by atoms with Crippen LogP contribution in [0.1, 0.15) is 75.0 Å². The van der Waals surface area contributed by atoms with Gasteiger partial charge >= 0.3 is 0 Å². The van der Waals surface area contributed by atoms with Gasteiger partial charge in [0.05, 0.1) is 6.20 Å². The van der Waals surface area contributed by atoms with Crippen molar-refractivity contribution in [3.8, 4) is 0 Å². The molecular weight excluding hydrogens is 360 g/mol. The number of aryl methyl sites for hydroxylation is 1. The van der Waals surface area contributed by atoms with E-state index in [1.807, 2.05) is 0 Å². The number of aromatic nitrogens is 3. The van der Waals surface area contributed by atoms with Crippen LogP contribution >= 0.6 is 0 Å². The number of likely N-dealkylation sites (tertiary alicyclic amines) is 1. The molecule has 5 heteroatoms. The molecule has 0 aromatic carbocycles. The van der Waals surface area contributed by atoms with E-state index < -0.39 is 0 Å². The molecule has 0 bridgehead atoms. The topological polar surface area (TPSA) is 43.1 Å². The molecule has 0 N–H and O–H groups in total. The zero-order valence-electron chi connectivity index (χ0n) is 17.6. The molecule has 5 nitrogen and oxygen atoms in total. The van der Waals surface area contributed by atoms with Crippen molar-refractivity contribution < 1.29 is 0 Å². The Bertz CT molecular complexity index is 965. The molecule has 1 saturated heterocycles. The Kier molecular flexibility index (Phi) is 4.55. The van der Waals surface area contributed by atoms with Crippen LogP contribution in [0.5, 0.6) is 0 Å². The third-order valence-corrected chi connectivity index (χ3v) is 8.00. The number of nitrogens with zero attached hydrogens (tertiary/aromatic N) is 4. The Morgan fingerprint density at radius 2 is 1.72 bits per heavy atom. The first-order chi connectivity index (χ1) is 14.3. The summed E-state index contributed by atoms with van der Waals surface area (Å²) in [5.41, 5.74) is 3.86. The van der Waals surface area contributed by atoms with Gasteiger partial charge in [0, 0.05) is 36.6 Å². The fraction of sp³-hybridized carbons (Fsp3) is 0.750. The summed E-state index contributed by atoms with van der Waals surface area (Å²) in [7, 11) is 0. The van der Waals surface area contributed by atoms with Crippen molar-refractivity contribution in [3.63, 3.8) is 0 Å². The normalized spacial score (nSPS) is 25.9. The highest BCUT2D eigenvalue weighted by Gasteiger charge is 2.31. The lowest BCUT2D eigenvalue weighted by Gasteiger charge is -2.34. The summed E-state index contributed by atoms with van der Waals surface area (Å²) >= 11 is 0. The summed E-state index contributed by atoms with van der Waals surface area (Å²) in [6.07, 6.45) is 15.5. The van der Waals surface area contributed by atoms with Gasteiger partial charge in [-0.25, -0.2) is 4.68 Å². The maximum absolute atomic E-state index is 13.5. The molecule has 2 aromatic rings. The van der Waals surface area contributed by atoms with Crippen LogP contribution in [0, 0.1) is 11.8 Å². The van der Waals surface area contributed by atoms with Gasteiger partial charge in [0.1, 0.15) is 5.65 Å². The summed E-state index contributed by atoms with van der Waals surface area (Å²) in [6, 6.07) is 0.394. The minimum absolute atomic E-state index is 0.303. The Labute approximate surface area is 173 Å². The van der Waals surface area contributed by atoms with Gasteiger partial charge in [-0.05, 0) is 94.6 Å². The van der Waals surface area contributed by atoms with Crippen molar-refractivity contribution in [1.29, 1.82) is 0 Å². The Balaban J connectivity index is 1.36. The van der Waals surface area contributed by atoms with Crippen molar-refractivity contribution in [1.82, 2.24) is 19.2 Å². The van der Waals surface area contributed by atoms with E-state index in [0.717, 1.165) is 55.8 Å². The van der Waals surface area contributed by atoms with E-state index in [9.17, 15) is 4.79 Å². The van der Waals surface area contributed by atoms with Crippen LogP contribution in [-0.4, -0.2) is 38.9 Å². The van der Waals surface area contributed by atoms with E-state index in [-0.39, 0.29) is 0 Å². The summed E-state index contributed by atoms with van der Waals surface area (Å²) in [5.74, 6) is 1.63. The zero-order valence-corrected chi connectivity index (χ0v) is 17.6. The second kappa shape index (κ2) is 7.26. The van der Waals surface area contributed by atoms with Crippen molar-refractivity contribution in [3.05, 3.63) is 27.7 Å². The van der Waals surface area contributed by atoms with Crippen molar-refractivity contribution >= 4 is 11.0 Å². The molecule has 3 heterocycles. The summed E-state index contributed by atoms with van der Waals surface area (Å²) < 4.78 is 4.38. The molecule has 2 aromatic heterocycles. The number of hydrogen-bond donors (Lipinski definition) is 0. The second-order valence-corrected chi connectivity index (χ2v) is 10.2. The minimum Gasteiger partial charge on any atom is -0.303 e. The van der Waals surface area contributed by atoms with Crippen LogP contribution < -0.4 is 5.56 Å². The molecule has 4 aliphatic rings. The van der Waals surface area contributed by atoms with Gasteiger partial charge in [-0.2, -0.15) is 5.10 Å². The number of hydrogen-bond acceptors (Lipinski definition) is 3. The first kappa shape index (κ1) is 18.2. The van der Waals surface area contributed by atoms with E-state index in [2.05, 4.69) is 20.3 Å². The summed E-state index contributed by atoms with van der Waals surface area (Å²) in [5, 5.41) is 6.15. The highest BCUT2D eigenvalue weighted by atomic mass is 16.1. The van der Waals surface area contributed by atoms with Gasteiger partial charge in [0.2, 0.25) is 0 Å². The van der Waals surface area contributed by atoms with Crippen LogP contribution in [0.2, 0.25) is 0 Å². The molecule has 156 valence electrons. The van der Waals surface area contributed by atoms with Crippen molar-refractivity contribution in [2.45, 2.75) is 83.2 Å². The van der Waals surface area contributed by atoms with Crippen LogP contribution in [0.3, 0.4) is 0 Å². The average Bonchev–Trinajstić information content (AvgIpc) is 3.42. The quantitative estimate of drug-likeness (QED) is 0.772. The van der Waals surface area contributed by atoms with Gasteiger partial charge in [-0.1, -0.05) is 0 Å². The molecule has 1 atom stereocenters. The number of piperidine rings is 1. The summed E-state index contributed by atoms with van der Waals surface area (Å²) in [4.78, 5) is 16.2. The minimum atomic E-state index is 0.303. The Hall–Kier alpha value is -1.62. The Morgan fingerprint density at radius 1 is 0.897 bits per heavy atom. The molecule has 1 aliphatic heterocycles. The predicted octanol–water partition coefficient (Wildman–Crippen LogP) is 3.92. The van der Waals surface area contributed by atoms with Gasteiger partial charge in [0.25, 0.3) is 5.56 Å². The molecule has 0 spiro atoms. The first-order valence-electron chi connectivity index (χ1n) is 12.1. The lowest BCUT2D eigenvalue weighted by atomic mass is 9.88. The Morgan fingerprint density at radius 3 is 2.48 bits per heavy atom. The van der Waals surface area contributed by atoms with E-state index in [1.54, 1.807) is 0 Å². The fourth-order valence-corrected chi connectivity index (χ4v) is 6.02. The molecular formula is C24H34N4O. The average molecular weight is 395 g/mol. The van der Waals surface area contributed by atoms with E-state index in [1.165, 1.54) is 69.1 Å². The highest BCUT2D eigenvalue weighted by Crippen LogP contribution is 2.36. The van der Waals surface area contributed by atoms with Crippen LogP contribution in [0.4, 0.5) is 0 Å². The largest absolute Gasteiger partial charge is 0.303 e. The van der Waals surface area contributed by atoms with Crippen molar-refractivity contribution in [2.24, 2.45) is 11.8 Å². The molecule has 1 unspecified atom stereocenters. The van der Waals surface area contributed by atoms with Crippen LogP contribution in [-0.2, 0) is 19.4 Å². The first-order valence-corrected chi connectivity index (χ1v) is 12.1. The monoisotopic (exact) mass is 394 g/mol. The van der Waals surface area contributed by atoms with Gasteiger partial charge < -0.3 is 4.90 Å². The van der Waals surface area contributed by atoms with Crippen LogP contribution in [0.15, 0.2) is 11.0 Å².